The smallest absolute Gasteiger partial charge is 0.271 e. The summed E-state index contributed by atoms with van der Waals surface area (Å²) in [6.07, 6.45) is 0. The number of aromatic nitrogens is 2. The van der Waals surface area contributed by atoms with Gasteiger partial charge in [-0.1, -0.05) is 0 Å². The molecule has 7 heteroatoms. The molecule has 2 aromatic rings. The molecule has 1 aliphatic rings. The fraction of sp³-hybridized carbons (Fsp3) is 0.500. The maximum Gasteiger partial charge on any atom is 0.271 e. The fourth-order valence-electron chi connectivity index (χ4n) is 2.85. The molecule has 0 aromatic carbocycles. The number of nitrogens with one attached hydrogen (secondary N) is 1. The molecule has 3 rings (SSSR count). The molecule has 2 aromatic heterocycles. The monoisotopic (exact) mass is 334 g/mol. The van der Waals surface area contributed by atoms with Gasteiger partial charge < -0.3 is 14.5 Å². The number of amides is 1. The minimum absolute atomic E-state index is 0.00626. The third-order valence-corrected chi connectivity index (χ3v) is 4.56. The fourth-order valence-corrected chi connectivity index (χ4v) is 3.50. The van der Waals surface area contributed by atoms with Gasteiger partial charge in [0.05, 0.1) is 18.9 Å². The lowest BCUT2D eigenvalue weighted by molar-refractivity contribution is 0.0729. The Morgan fingerprint density at radius 1 is 1.57 bits per heavy atom. The van der Waals surface area contributed by atoms with Gasteiger partial charge in [-0.15, -0.1) is 0 Å². The molecule has 23 heavy (non-hydrogen) atoms. The van der Waals surface area contributed by atoms with E-state index in [4.69, 9.17) is 4.74 Å². The Morgan fingerprint density at radius 2 is 2.43 bits per heavy atom. The average molecular weight is 334 g/mol. The van der Waals surface area contributed by atoms with Crippen molar-refractivity contribution in [1.29, 1.82) is 0 Å². The van der Waals surface area contributed by atoms with Crippen LogP contribution < -0.4 is 0 Å². The van der Waals surface area contributed by atoms with E-state index in [2.05, 4.69) is 15.1 Å². The Morgan fingerprint density at radius 3 is 3.17 bits per heavy atom. The molecule has 1 aliphatic heterocycles. The Balaban J connectivity index is 1.71. The summed E-state index contributed by atoms with van der Waals surface area (Å²) in [5.41, 5.74) is 2.39. The number of ether oxygens (including phenoxy) is 1. The number of thiophene rings is 1. The van der Waals surface area contributed by atoms with Crippen LogP contribution in [0, 0.1) is 5.92 Å². The normalized spacial score (nSPS) is 19.1. The first-order valence-corrected chi connectivity index (χ1v) is 8.67. The Bertz CT molecular complexity index is 638. The van der Waals surface area contributed by atoms with E-state index in [1.807, 2.05) is 41.9 Å². The van der Waals surface area contributed by atoms with Crippen LogP contribution in [0.15, 0.2) is 22.9 Å². The summed E-state index contributed by atoms with van der Waals surface area (Å²) in [5, 5.41) is 11.2. The van der Waals surface area contributed by atoms with Crippen molar-refractivity contribution >= 4 is 17.2 Å². The van der Waals surface area contributed by atoms with Gasteiger partial charge >= 0.3 is 0 Å². The van der Waals surface area contributed by atoms with Gasteiger partial charge in [0.2, 0.25) is 0 Å². The predicted octanol–water partition coefficient (Wildman–Crippen LogP) is 1.79. The van der Waals surface area contributed by atoms with Crippen molar-refractivity contribution in [2.24, 2.45) is 5.92 Å². The Kier molecular flexibility index (Phi) is 5.09. The predicted molar refractivity (Wildman–Crippen MR) is 90.7 cm³/mol. The highest BCUT2D eigenvalue weighted by Crippen LogP contribution is 2.21. The zero-order valence-electron chi connectivity index (χ0n) is 13.5. The van der Waals surface area contributed by atoms with E-state index in [9.17, 15) is 4.79 Å². The minimum Gasteiger partial charge on any atom is -0.379 e. The Hall–Kier alpha value is -1.70. The minimum atomic E-state index is -0.00626. The third kappa shape index (κ3) is 3.99. The molecule has 0 radical (unpaired) electrons. The Labute approximate surface area is 140 Å². The topological polar surface area (TPSA) is 61.5 Å². The summed E-state index contributed by atoms with van der Waals surface area (Å²) in [6, 6.07) is 3.83. The molecule has 124 valence electrons. The van der Waals surface area contributed by atoms with Crippen molar-refractivity contribution in [1.82, 2.24) is 20.0 Å². The van der Waals surface area contributed by atoms with Gasteiger partial charge in [-0.2, -0.15) is 16.4 Å². The second-order valence-corrected chi connectivity index (χ2v) is 6.91. The van der Waals surface area contributed by atoms with Crippen molar-refractivity contribution in [3.05, 3.63) is 28.6 Å². The summed E-state index contributed by atoms with van der Waals surface area (Å²) in [5.74, 6) is 0.323. The van der Waals surface area contributed by atoms with Crippen LogP contribution in [0.2, 0.25) is 0 Å². The van der Waals surface area contributed by atoms with Crippen LogP contribution in [0.25, 0.3) is 11.3 Å². The number of carbonyl (C=O) groups is 1. The number of aromatic amines is 1. The highest BCUT2D eigenvalue weighted by atomic mass is 32.1. The maximum atomic E-state index is 12.8. The van der Waals surface area contributed by atoms with Gasteiger partial charge in [-0.3, -0.25) is 9.89 Å². The van der Waals surface area contributed by atoms with Gasteiger partial charge in [-0.25, -0.2) is 0 Å². The lowest BCUT2D eigenvalue weighted by Crippen LogP contribution is -2.38. The summed E-state index contributed by atoms with van der Waals surface area (Å²) in [4.78, 5) is 16.8. The van der Waals surface area contributed by atoms with E-state index in [0.29, 0.717) is 37.9 Å². The first kappa shape index (κ1) is 16.2. The number of H-pyrrole nitrogens is 1. The van der Waals surface area contributed by atoms with Gasteiger partial charge in [0.1, 0.15) is 5.69 Å². The van der Waals surface area contributed by atoms with Crippen molar-refractivity contribution in [2.75, 3.05) is 46.9 Å². The van der Waals surface area contributed by atoms with Crippen molar-refractivity contribution < 1.29 is 9.53 Å². The standard InChI is InChI=1S/C16H22N4O2S/c1-19(2)8-12-9-20(4-5-22-10-12)16(21)15-7-14(17-18-15)13-3-6-23-11-13/h3,6-7,11-12H,4-5,8-10H2,1-2H3,(H,17,18). The summed E-state index contributed by atoms with van der Waals surface area (Å²) in [6.45, 7) is 3.53. The number of nitrogens with zero attached hydrogens (tertiary/aromatic N) is 3. The van der Waals surface area contributed by atoms with E-state index in [1.54, 1.807) is 11.3 Å². The quantitative estimate of drug-likeness (QED) is 0.926. The molecule has 1 unspecified atom stereocenters. The molecule has 1 amide bonds. The number of rotatable bonds is 4. The van der Waals surface area contributed by atoms with Crippen LogP contribution in [0.3, 0.4) is 0 Å². The van der Waals surface area contributed by atoms with Crippen molar-refractivity contribution in [2.45, 2.75) is 0 Å². The first-order chi connectivity index (χ1) is 11.1. The van der Waals surface area contributed by atoms with E-state index >= 15 is 0 Å². The van der Waals surface area contributed by atoms with Crippen molar-refractivity contribution in [3.63, 3.8) is 0 Å². The van der Waals surface area contributed by atoms with Crippen LogP contribution in [-0.4, -0.2) is 72.8 Å². The average Bonchev–Trinajstić information content (AvgIpc) is 3.15. The lowest BCUT2D eigenvalue weighted by atomic mass is 10.1. The van der Waals surface area contributed by atoms with Gasteiger partial charge in [0.15, 0.2) is 0 Å². The number of hydrogen-bond donors (Lipinski definition) is 1. The van der Waals surface area contributed by atoms with E-state index in [1.165, 1.54) is 0 Å². The largest absolute Gasteiger partial charge is 0.379 e. The molecule has 0 bridgehead atoms. The molecule has 1 saturated heterocycles. The van der Waals surface area contributed by atoms with Crippen LogP contribution in [0.5, 0.6) is 0 Å². The van der Waals surface area contributed by atoms with Crippen LogP contribution in [-0.2, 0) is 4.74 Å². The zero-order valence-corrected chi connectivity index (χ0v) is 14.3. The van der Waals surface area contributed by atoms with E-state index in [0.717, 1.165) is 17.8 Å². The molecule has 1 atom stereocenters. The summed E-state index contributed by atoms with van der Waals surface area (Å²) in [7, 11) is 4.08. The summed E-state index contributed by atoms with van der Waals surface area (Å²) < 4.78 is 5.64. The lowest BCUT2D eigenvalue weighted by Gasteiger charge is -2.24. The van der Waals surface area contributed by atoms with Crippen LogP contribution in [0.1, 0.15) is 10.5 Å². The molecular weight excluding hydrogens is 312 g/mol. The first-order valence-electron chi connectivity index (χ1n) is 7.73. The molecule has 0 aliphatic carbocycles. The molecule has 0 saturated carbocycles. The third-order valence-electron chi connectivity index (χ3n) is 3.87. The van der Waals surface area contributed by atoms with E-state index in [-0.39, 0.29) is 5.91 Å². The second kappa shape index (κ2) is 7.25. The number of hydrogen-bond acceptors (Lipinski definition) is 5. The van der Waals surface area contributed by atoms with Crippen molar-refractivity contribution in [3.8, 4) is 11.3 Å². The number of carbonyl (C=O) groups excluding carboxylic acids is 1. The molecule has 1 fully saturated rings. The second-order valence-electron chi connectivity index (χ2n) is 6.13. The molecular formula is C16H22N4O2S. The zero-order chi connectivity index (χ0) is 16.2. The maximum absolute atomic E-state index is 12.8. The molecule has 6 nitrogen and oxygen atoms in total. The van der Waals surface area contributed by atoms with Crippen LogP contribution in [0.4, 0.5) is 0 Å². The molecule has 0 spiro atoms. The molecule has 3 heterocycles. The highest BCUT2D eigenvalue weighted by Gasteiger charge is 2.25. The van der Waals surface area contributed by atoms with Crippen LogP contribution >= 0.6 is 11.3 Å². The molecule has 1 N–H and O–H groups in total. The highest BCUT2D eigenvalue weighted by molar-refractivity contribution is 7.08. The van der Waals surface area contributed by atoms with Gasteiger partial charge in [-0.05, 0) is 31.6 Å². The van der Waals surface area contributed by atoms with Gasteiger partial charge in [0, 0.05) is 36.5 Å². The SMILES string of the molecule is CN(C)CC1COCCN(C(=O)c2cc(-c3ccsc3)n[nH]2)C1. The van der Waals surface area contributed by atoms with E-state index < -0.39 is 0 Å². The van der Waals surface area contributed by atoms with Gasteiger partial charge in [0.25, 0.3) is 5.91 Å². The summed E-state index contributed by atoms with van der Waals surface area (Å²) >= 11 is 1.62.